The highest BCUT2D eigenvalue weighted by Crippen LogP contribution is 2.19. The number of rotatable bonds is 8. The van der Waals surface area contributed by atoms with Crippen LogP contribution in [0.5, 0.6) is 17.2 Å². The number of nitrogens with one attached hydrogen (secondary N) is 1. The fourth-order valence-corrected chi connectivity index (χ4v) is 1.90. The number of amides is 1. The topological polar surface area (TPSA) is 78.4 Å². The summed E-state index contributed by atoms with van der Waals surface area (Å²) >= 11 is 0. The molecule has 7 nitrogen and oxygen atoms in total. The summed E-state index contributed by atoms with van der Waals surface area (Å²) in [5.74, 6) is 2.14. The number of hydrogen-bond donors (Lipinski definition) is 1. The van der Waals surface area contributed by atoms with Gasteiger partial charge in [-0.05, 0) is 29.8 Å². The Morgan fingerprint density at radius 2 is 1.64 bits per heavy atom. The molecule has 0 aliphatic heterocycles. The zero-order chi connectivity index (χ0) is 17.9. The third kappa shape index (κ3) is 6.42. The van der Waals surface area contributed by atoms with Gasteiger partial charge in [-0.1, -0.05) is 18.2 Å². The van der Waals surface area contributed by atoms with Crippen molar-refractivity contribution in [2.75, 3.05) is 27.4 Å². The van der Waals surface area contributed by atoms with Gasteiger partial charge in [-0.3, -0.25) is 0 Å². The maximum absolute atomic E-state index is 10.9. The monoisotopic (exact) mass is 344 g/mol. The highest BCUT2D eigenvalue weighted by atomic mass is 16.5. The summed E-state index contributed by atoms with van der Waals surface area (Å²) in [4.78, 5) is 10.9. The number of ether oxygens (including phenoxy) is 4. The molecule has 1 N–H and O–H groups in total. The lowest BCUT2D eigenvalue weighted by molar-refractivity contribution is 0.171. The van der Waals surface area contributed by atoms with Gasteiger partial charge in [0.15, 0.2) is 0 Å². The number of benzene rings is 2. The summed E-state index contributed by atoms with van der Waals surface area (Å²) in [5, 5.41) is 3.76. The first kappa shape index (κ1) is 18.1. The van der Waals surface area contributed by atoms with Gasteiger partial charge in [-0.15, -0.1) is 0 Å². The average Bonchev–Trinajstić information content (AvgIpc) is 2.65. The Labute approximate surface area is 146 Å². The first-order valence-corrected chi connectivity index (χ1v) is 7.58. The third-order valence-corrected chi connectivity index (χ3v) is 3.07. The van der Waals surface area contributed by atoms with E-state index in [-0.39, 0.29) is 0 Å². The number of hydrazone groups is 1. The van der Waals surface area contributed by atoms with Crippen LogP contribution in [0.2, 0.25) is 0 Å². The summed E-state index contributed by atoms with van der Waals surface area (Å²) in [5.41, 5.74) is 3.00. The first-order chi connectivity index (χ1) is 12.2. The van der Waals surface area contributed by atoms with Gasteiger partial charge in [-0.25, -0.2) is 10.2 Å². The number of hydrogen-bond acceptors (Lipinski definition) is 6. The normalized spacial score (nSPS) is 10.3. The molecule has 0 spiro atoms. The number of carbonyl (C=O) groups is 1. The second kappa shape index (κ2) is 9.82. The van der Waals surface area contributed by atoms with E-state index in [1.54, 1.807) is 13.2 Å². The lowest BCUT2D eigenvalue weighted by Crippen LogP contribution is -2.16. The van der Waals surface area contributed by atoms with Gasteiger partial charge in [0.1, 0.15) is 30.5 Å². The molecule has 0 aliphatic rings. The van der Waals surface area contributed by atoms with Crippen LogP contribution in [0.15, 0.2) is 53.6 Å². The zero-order valence-electron chi connectivity index (χ0n) is 14.1. The quantitative estimate of drug-likeness (QED) is 0.453. The lowest BCUT2D eigenvalue weighted by atomic mass is 10.2. The van der Waals surface area contributed by atoms with Crippen LogP contribution in [0.4, 0.5) is 4.79 Å². The number of nitrogens with zero attached hydrogens (tertiary/aromatic N) is 1. The van der Waals surface area contributed by atoms with E-state index in [0.717, 1.165) is 17.1 Å². The molecule has 0 atom stereocenters. The Morgan fingerprint density at radius 3 is 2.32 bits per heavy atom. The van der Waals surface area contributed by atoms with E-state index in [9.17, 15) is 4.79 Å². The van der Waals surface area contributed by atoms with Crippen LogP contribution in [-0.2, 0) is 4.74 Å². The van der Waals surface area contributed by atoms with E-state index in [1.807, 2.05) is 42.5 Å². The van der Waals surface area contributed by atoms with Crippen molar-refractivity contribution >= 4 is 12.3 Å². The Morgan fingerprint density at radius 1 is 1.00 bits per heavy atom. The fourth-order valence-electron chi connectivity index (χ4n) is 1.90. The summed E-state index contributed by atoms with van der Waals surface area (Å²) in [6, 6.07) is 14.7. The molecular weight excluding hydrogens is 324 g/mol. The molecule has 7 heteroatoms. The highest BCUT2D eigenvalue weighted by Gasteiger charge is 1.99. The highest BCUT2D eigenvalue weighted by molar-refractivity contribution is 5.81. The van der Waals surface area contributed by atoms with Gasteiger partial charge in [-0.2, -0.15) is 5.10 Å². The molecule has 0 saturated carbocycles. The van der Waals surface area contributed by atoms with Crippen molar-refractivity contribution in [3.8, 4) is 17.2 Å². The Hall–Kier alpha value is -3.22. The van der Waals surface area contributed by atoms with Crippen LogP contribution >= 0.6 is 0 Å². The van der Waals surface area contributed by atoms with E-state index >= 15 is 0 Å². The summed E-state index contributed by atoms with van der Waals surface area (Å²) in [6.45, 7) is 0.785. The molecule has 0 aliphatic carbocycles. The molecule has 2 aromatic rings. The van der Waals surface area contributed by atoms with Crippen molar-refractivity contribution < 1.29 is 23.7 Å². The molecule has 2 aromatic carbocycles. The number of carbonyl (C=O) groups excluding carboxylic acids is 1. The van der Waals surface area contributed by atoms with Gasteiger partial charge < -0.3 is 18.9 Å². The molecular formula is C18H20N2O5. The van der Waals surface area contributed by atoms with Crippen LogP contribution in [0.1, 0.15) is 5.56 Å². The molecule has 0 unspecified atom stereocenters. The minimum Gasteiger partial charge on any atom is -0.497 e. The molecule has 0 heterocycles. The van der Waals surface area contributed by atoms with Crippen molar-refractivity contribution in [3.63, 3.8) is 0 Å². The smallest absolute Gasteiger partial charge is 0.427 e. The maximum Gasteiger partial charge on any atom is 0.427 e. The Kier molecular flexibility index (Phi) is 7.12. The summed E-state index contributed by atoms with van der Waals surface area (Å²) in [6.07, 6.45) is 0.870. The lowest BCUT2D eigenvalue weighted by Gasteiger charge is -2.09. The molecule has 0 aromatic heterocycles. The standard InChI is InChI=1S/C18H20N2O5/c1-22-15-6-4-8-17(12-15)25-10-9-24-16-7-3-5-14(11-16)13-19-20-18(21)23-2/h3-8,11-13H,9-10H2,1-2H3,(H,20,21)/b19-13-. The van der Waals surface area contributed by atoms with Gasteiger partial charge in [0.05, 0.1) is 20.4 Å². The van der Waals surface area contributed by atoms with Gasteiger partial charge >= 0.3 is 6.09 Å². The van der Waals surface area contributed by atoms with E-state index in [1.165, 1.54) is 13.3 Å². The molecule has 0 bridgehead atoms. The van der Waals surface area contributed by atoms with Crippen molar-refractivity contribution in [3.05, 3.63) is 54.1 Å². The van der Waals surface area contributed by atoms with Crippen molar-refractivity contribution in [2.45, 2.75) is 0 Å². The SMILES string of the molecule is COC(=O)N/N=C\c1cccc(OCCOc2cccc(OC)c2)c1. The second-order valence-electron chi connectivity index (χ2n) is 4.81. The van der Waals surface area contributed by atoms with E-state index < -0.39 is 6.09 Å². The Bertz CT molecular complexity index is 718. The van der Waals surface area contributed by atoms with Gasteiger partial charge in [0.2, 0.25) is 0 Å². The predicted octanol–water partition coefficient (Wildman–Crippen LogP) is 2.84. The van der Waals surface area contributed by atoms with E-state index in [2.05, 4.69) is 15.3 Å². The Balaban J connectivity index is 1.78. The van der Waals surface area contributed by atoms with Crippen molar-refractivity contribution in [2.24, 2.45) is 5.10 Å². The van der Waals surface area contributed by atoms with Crippen LogP contribution in [0.25, 0.3) is 0 Å². The summed E-state index contributed by atoms with van der Waals surface area (Å²) in [7, 11) is 2.88. The third-order valence-electron chi connectivity index (χ3n) is 3.07. The second-order valence-corrected chi connectivity index (χ2v) is 4.81. The molecule has 2 rings (SSSR count). The van der Waals surface area contributed by atoms with Crippen LogP contribution in [0.3, 0.4) is 0 Å². The summed E-state index contributed by atoms with van der Waals surface area (Å²) < 4.78 is 20.8. The molecule has 1 amide bonds. The molecule has 132 valence electrons. The van der Waals surface area contributed by atoms with Crippen LogP contribution in [0, 0.1) is 0 Å². The zero-order valence-corrected chi connectivity index (χ0v) is 14.1. The largest absolute Gasteiger partial charge is 0.497 e. The first-order valence-electron chi connectivity index (χ1n) is 7.58. The molecule has 0 fully saturated rings. The van der Waals surface area contributed by atoms with Gasteiger partial charge in [0, 0.05) is 6.07 Å². The maximum atomic E-state index is 10.9. The number of methoxy groups -OCH3 is 2. The van der Waals surface area contributed by atoms with E-state index in [0.29, 0.717) is 19.0 Å². The van der Waals surface area contributed by atoms with Gasteiger partial charge in [0.25, 0.3) is 0 Å². The van der Waals surface area contributed by atoms with Crippen LogP contribution < -0.4 is 19.6 Å². The fraction of sp³-hybridized carbons (Fsp3) is 0.222. The van der Waals surface area contributed by atoms with Crippen molar-refractivity contribution in [1.29, 1.82) is 0 Å². The van der Waals surface area contributed by atoms with Crippen molar-refractivity contribution in [1.82, 2.24) is 5.43 Å². The van der Waals surface area contributed by atoms with Crippen LogP contribution in [-0.4, -0.2) is 39.7 Å². The average molecular weight is 344 g/mol. The minimum absolute atomic E-state index is 0.387. The predicted molar refractivity (Wildman–Crippen MR) is 93.6 cm³/mol. The molecule has 0 radical (unpaired) electrons. The van der Waals surface area contributed by atoms with E-state index in [4.69, 9.17) is 14.2 Å². The minimum atomic E-state index is -0.627. The molecule has 25 heavy (non-hydrogen) atoms. The molecule has 0 saturated heterocycles.